The molecule has 0 unspecified atom stereocenters. The topological polar surface area (TPSA) is 80.4 Å². The van der Waals surface area contributed by atoms with Crippen LogP contribution in [0.3, 0.4) is 0 Å². The van der Waals surface area contributed by atoms with Gasteiger partial charge in [0, 0.05) is 12.1 Å². The number of carbonyl (C=O) groups is 1. The fourth-order valence-corrected chi connectivity index (χ4v) is 1.90. The molecule has 0 aliphatic rings. The monoisotopic (exact) mass is 275 g/mol. The molecule has 0 aliphatic heterocycles. The molecule has 0 atom stereocenters. The molecule has 6 heteroatoms. The minimum absolute atomic E-state index is 0.210. The number of benzene rings is 2. The van der Waals surface area contributed by atoms with Crippen molar-refractivity contribution in [1.82, 2.24) is 0 Å². The summed E-state index contributed by atoms with van der Waals surface area (Å²) < 4.78 is 13.3. The molecule has 0 bridgehead atoms. The van der Waals surface area contributed by atoms with E-state index < -0.39 is 16.7 Å². The maximum atomic E-state index is 13.3. The molecule has 0 aromatic heterocycles. The molecule has 102 valence electrons. The third-order valence-electron chi connectivity index (χ3n) is 2.89. The maximum Gasteiger partial charge on any atom is 0.335 e. The first kappa shape index (κ1) is 13.7. The van der Waals surface area contributed by atoms with Crippen molar-refractivity contribution in [2.75, 3.05) is 0 Å². The van der Waals surface area contributed by atoms with Crippen molar-refractivity contribution in [2.24, 2.45) is 0 Å². The van der Waals surface area contributed by atoms with Crippen molar-refractivity contribution in [3.63, 3.8) is 0 Å². The Balaban J connectivity index is 2.69. The zero-order chi connectivity index (χ0) is 14.9. The predicted molar refractivity (Wildman–Crippen MR) is 70.2 cm³/mol. The predicted octanol–water partition coefficient (Wildman–Crippen LogP) is 3.41. The van der Waals surface area contributed by atoms with Gasteiger partial charge in [0.15, 0.2) is 0 Å². The van der Waals surface area contributed by atoms with Crippen LogP contribution in [0.15, 0.2) is 36.4 Å². The number of aromatic carboxylic acids is 1. The van der Waals surface area contributed by atoms with Crippen molar-refractivity contribution in [1.29, 1.82) is 0 Å². The van der Waals surface area contributed by atoms with Crippen LogP contribution in [-0.2, 0) is 0 Å². The fourth-order valence-electron chi connectivity index (χ4n) is 1.90. The SMILES string of the molecule is Cc1ccc(F)cc1-c1cc(C(=O)O)cc([N+](=O)[O-])c1. The Morgan fingerprint density at radius 1 is 1.25 bits per heavy atom. The average Bonchev–Trinajstić information content (AvgIpc) is 2.40. The van der Waals surface area contributed by atoms with Gasteiger partial charge in [-0.05, 0) is 41.8 Å². The lowest BCUT2D eigenvalue weighted by Gasteiger charge is -2.07. The number of nitrogens with zero attached hydrogens (tertiary/aromatic N) is 1. The largest absolute Gasteiger partial charge is 0.478 e. The molecule has 20 heavy (non-hydrogen) atoms. The van der Waals surface area contributed by atoms with Crippen LogP contribution < -0.4 is 0 Å². The quantitative estimate of drug-likeness (QED) is 0.687. The first-order chi connectivity index (χ1) is 9.38. The van der Waals surface area contributed by atoms with Crippen molar-refractivity contribution in [2.45, 2.75) is 6.92 Å². The highest BCUT2D eigenvalue weighted by molar-refractivity contribution is 5.90. The summed E-state index contributed by atoms with van der Waals surface area (Å²) in [6, 6.07) is 7.52. The molecule has 0 heterocycles. The van der Waals surface area contributed by atoms with Gasteiger partial charge in [-0.3, -0.25) is 10.1 Å². The normalized spacial score (nSPS) is 10.3. The Kier molecular flexibility index (Phi) is 3.47. The van der Waals surface area contributed by atoms with E-state index in [1.54, 1.807) is 6.92 Å². The summed E-state index contributed by atoms with van der Waals surface area (Å²) in [6.07, 6.45) is 0. The fraction of sp³-hybridized carbons (Fsp3) is 0.0714. The molecule has 0 saturated carbocycles. The van der Waals surface area contributed by atoms with E-state index in [0.29, 0.717) is 16.7 Å². The number of hydrogen-bond donors (Lipinski definition) is 1. The minimum Gasteiger partial charge on any atom is -0.478 e. The van der Waals surface area contributed by atoms with Crippen molar-refractivity contribution < 1.29 is 19.2 Å². The number of rotatable bonds is 3. The van der Waals surface area contributed by atoms with E-state index in [-0.39, 0.29) is 11.3 Å². The van der Waals surface area contributed by atoms with Gasteiger partial charge in [-0.1, -0.05) is 6.07 Å². The van der Waals surface area contributed by atoms with E-state index in [2.05, 4.69) is 0 Å². The van der Waals surface area contributed by atoms with E-state index in [0.717, 1.165) is 6.07 Å². The number of hydrogen-bond acceptors (Lipinski definition) is 3. The molecule has 1 N–H and O–H groups in total. The molecule has 5 nitrogen and oxygen atoms in total. The van der Waals surface area contributed by atoms with E-state index in [1.165, 1.54) is 30.3 Å². The Morgan fingerprint density at radius 3 is 2.55 bits per heavy atom. The average molecular weight is 275 g/mol. The minimum atomic E-state index is -1.27. The van der Waals surface area contributed by atoms with Gasteiger partial charge in [0.05, 0.1) is 10.5 Å². The van der Waals surface area contributed by atoms with Gasteiger partial charge in [-0.25, -0.2) is 9.18 Å². The van der Waals surface area contributed by atoms with Crippen LogP contribution >= 0.6 is 0 Å². The van der Waals surface area contributed by atoms with Crippen LogP contribution in [0.1, 0.15) is 15.9 Å². The van der Waals surface area contributed by atoms with Crippen molar-refractivity contribution in [3.8, 4) is 11.1 Å². The molecule has 0 amide bonds. The van der Waals surface area contributed by atoms with E-state index >= 15 is 0 Å². The van der Waals surface area contributed by atoms with Crippen LogP contribution in [0, 0.1) is 22.9 Å². The highest BCUT2D eigenvalue weighted by atomic mass is 19.1. The van der Waals surface area contributed by atoms with Gasteiger partial charge < -0.3 is 5.11 Å². The Bertz CT molecular complexity index is 680. The van der Waals surface area contributed by atoms with Gasteiger partial charge in [-0.2, -0.15) is 0 Å². The van der Waals surface area contributed by atoms with Crippen molar-refractivity contribution >= 4 is 11.7 Å². The Hall–Kier alpha value is -2.76. The van der Waals surface area contributed by atoms with Gasteiger partial charge in [-0.15, -0.1) is 0 Å². The van der Waals surface area contributed by atoms with Gasteiger partial charge in [0.25, 0.3) is 5.69 Å². The molecule has 0 spiro atoms. The second-order valence-electron chi connectivity index (χ2n) is 4.29. The first-order valence-corrected chi connectivity index (χ1v) is 5.68. The summed E-state index contributed by atoms with van der Waals surface area (Å²) in [4.78, 5) is 21.2. The Labute approximate surface area is 113 Å². The van der Waals surface area contributed by atoms with Crippen LogP contribution in [0.5, 0.6) is 0 Å². The molecular formula is C14H10FNO4. The summed E-state index contributed by atoms with van der Waals surface area (Å²) in [7, 11) is 0. The van der Waals surface area contributed by atoms with Crippen molar-refractivity contribution in [3.05, 3.63) is 63.5 Å². The lowest BCUT2D eigenvalue weighted by atomic mass is 9.98. The number of nitro benzene ring substituents is 1. The molecule has 0 radical (unpaired) electrons. The molecule has 0 fully saturated rings. The third kappa shape index (κ3) is 2.64. The summed E-state index contributed by atoms with van der Waals surface area (Å²) >= 11 is 0. The van der Waals surface area contributed by atoms with Gasteiger partial charge in [0.2, 0.25) is 0 Å². The zero-order valence-corrected chi connectivity index (χ0v) is 10.5. The van der Waals surface area contributed by atoms with Crippen LogP contribution in [0.4, 0.5) is 10.1 Å². The zero-order valence-electron chi connectivity index (χ0n) is 10.5. The maximum absolute atomic E-state index is 13.3. The molecule has 0 saturated heterocycles. The molecule has 0 aliphatic carbocycles. The summed E-state index contributed by atoms with van der Waals surface area (Å²) in [6.45, 7) is 1.72. The second-order valence-corrected chi connectivity index (χ2v) is 4.29. The number of carboxylic acid groups (broad SMARTS) is 1. The number of non-ortho nitro benzene ring substituents is 1. The third-order valence-corrected chi connectivity index (χ3v) is 2.89. The number of aryl methyl sites for hydroxylation is 1. The molecular weight excluding hydrogens is 265 g/mol. The highest BCUT2D eigenvalue weighted by Crippen LogP contribution is 2.29. The Morgan fingerprint density at radius 2 is 1.95 bits per heavy atom. The smallest absolute Gasteiger partial charge is 0.335 e. The van der Waals surface area contributed by atoms with E-state index in [9.17, 15) is 19.3 Å². The lowest BCUT2D eigenvalue weighted by Crippen LogP contribution is -1.99. The highest BCUT2D eigenvalue weighted by Gasteiger charge is 2.15. The number of halogens is 1. The molecule has 2 aromatic rings. The molecule has 2 rings (SSSR count). The van der Waals surface area contributed by atoms with E-state index in [4.69, 9.17) is 5.11 Å². The van der Waals surface area contributed by atoms with Gasteiger partial charge >= 0.3 is 5.97 Å². The van der Waals surface area contributed by atoms with E-state index in [1.807, 2.05) is 0 Å². The van der Waals surface area contributed by atoms with Crippen LogP contribution in [0.25, 0.3) is 11.1 Å². The van der Waals surface area contributed by atoms with Crippen LogP contribution in [-0.4, -0.2) is 16.0 Å². The summed E-state index contributed by atoms with van der Waals surface area (Å²) in [5.41, 5.74) is 0.870. The summed E-state index contributed by atoms with van der Waals surface area (Å²) in [5, 5.41) is 19.8. The standard InChI is InChI=1S/C14H10FNO4/c1-8-2-3-11(15)7-13(8)9-4-10(14(17)18)6-12(5-9)16(19)20/h2-7H,1H3,(H,17,18). The van der Waals surface area contributed by atoms with Crippen LogP contribution in [0.2, 0.25) is 0 Å². The second kappa shape index (κ2) is 5.08. The number of carboxylic acids is 1. The lowest BCUT2D eigenvalue weighted by molar-refractivity contribution is -0.384. The summed E-state index contributed by atoms with van der Waals surface area (Å²) in [5.74, 6) is -1.77. The first-order valence-electron chi connectivity index (χ1n) is 5.68. The van der Waals surface area contributed by atoms with Gasteiger partial charge in [0.1, 0.15) is 5.82 Å². The molecule has 2 aromatic carbocycles. The number of nitro groups is 1.